The number of nitrogens with zero attached hydrogens (tertiary/aromatic N) is 2. The van der Waals surface area contributed by atoms with E-state index in [0.29, 0.717) is 23.4 Å². The maximum absolute atomic E-state index is 13.7. The zero-order valence-electron chi connectivity index (χ0n) is 17.2. The summed E-state index contributed by atoms with van der Waals surface area (Å²) >= 11 is 0. The van der Waals surface area contributed by atoms with Gasteiger partial charge < -0.3 is 14.7 Å². The van der Waals surface area contributed by atoms with Crippen LogP contribution in [0.5, 0.6) is 5.75 Å². The number of carbonyl (C=O) groups is 1. The van der Waals surface area contributed by atoms with Crippen LogP contribution in [0.25, 0.3) is 5.57 Å². The van der Waals surface area contributed by atoms with Crippen LogP contribution in [0, 0.1) is 17.1 Å². The number of carboxylic acid groups (broad SMARTS) is 1. The molecule has 0 bridgehead atoms. The number of aliphatic carboxylic acids is 1. The Balaban J connectivity index is 2.33. The summed E-state index contributed by atoms with van der Waals surface area (Å²) in [5.74, 6) is -0.967. The molecule has 0 fully saturated rings. The van der Waals surface area contributed by atoms with Crippen LogP contribution < -0.4 is 4.74 Å². The van der Waals surface area contributed by atoms with Crippen molar-refractivity contribution >= 4 is 11.5 Å². The van der Waals surface area contributed by atoms with Gasteiger partial charge in [-0.25, -0.2) is 9.18 Å². The highest BCUT2D eigenvalue weighted by Gasteiger charge is 2.22. The van der Waals surface area contributed by atoms with Crippen molar-refractivity contribution in [3.63, 3.8) is 0 Å². The Morgan fingerprint density at radius 3 is 2.47 bits per heavy atom. The topological polar surface area (TPSA) is 73.6 Å². The van der Waals surface area contributed by atoms with E-state index >= 15 is 0 Å². The number of hydrogen-bond donors (Lipinski definition) is 1. The predicted octanol–water partition coefficient (Wildman–Crippen LogP) is 5.01. The molecule has 2 aromatic rings. The van der Waals surface area contributed by atoms with Gasteiger partial charge in [0.05, 0.1) is 11.6 Å². The highest BCUT2D eigenvalue weighted by atomic mass is 19.1. The van der Waals surface area contributed by atoms with E-state index in [0.717, 1.165) is 12.8 Å². The maximum Gasteiger partial charge on any atom is 0.352 e. The van der Waals surface area contributed by atoms with Crippen LogP contribution in [0.4, 0.5) is 4.39 Å². The molecule has 0 saturated heterocycles. The van der Waals surface area contributed by atoms with Crippen molar-refractivity contribution in [1.29, 1.82) is 5.26 Å². The third-order valence-corrected chi connectivity index (χ3v) is 4.60. The van der Waals surface area contributed by atoms with Crippen LogP contribution in [0.3, 0.4) is 0 Å². The minimum Gasteiger partial charge on any atom is -0.489 e. The van der Waals surface area contributed by atoms with Gasteiger partial charge in [-0.05, 0) is 30.2 Å². The van der Waals surface area contributed by atoms with Gasteiger partial charge in [-0.3, -0.25) is 0 Å². The molecule has 0 heterocycles. The molecule has 2 aromatic carbocycles. The van der Waals surface area contributed by atoms with Gasteiger partial charge in [0.25, 0.3) is 0 Å². The molecule has 0 amide bonds. The molecule has 156 valence electrons. The van der Waals surface area contributed by atoms with Crippen molar-refractivity contribution < 1.29 is 19.0 Å². The summed E-state index contributed by atoms with van der Waals surface area (Å²) in [7, 11) is 1.69. The van der Waals surface area contributed by atoms with Gasteiger partial charge in [-0.2, -0.15) is 5.26 Å². The number of allylic oxidation sites excluding steroid dienone is 2. The molecule has 0 aliphatic heterocycles. The average molecular weight is 408 g/mol. The standard InChI is InChI=1S/C24H25FN2O3/c1-4-5-14-27(3)23(24(28)29)22(17(2)15-26)18-10-12-20(13-11-18)30-16-19-8-6-7-9-21(19)25/h6-13H,2,4-5,14,16H2,1,3H3,(H,28,29)/b23-22+. The first kappa shape index (κ1) is 22.7. The van der Waals surface area contributed by atoms with Gasteiger partial charge >= 0.3 is 5.97 Å². The molecule has 0 aromatic heterocycles. The first-order valence-electron chi connectivity index (χ1n) is 9.63. The second-order valence-corrected chi connectivity index (χ2v) is 6.80. The normalized spacial score (nSPS) is 11.3. The molecule has 1 N–H and O–H groups in total. The summed E-state index contributed by atoms with van der Waals surface area (Å²) in [6.45, 7) is 6.38. The zero-order chi connectivity index (χ0) is 22.1. The van der Waals surface area contributed by atoms with Crippen LogP contribution in [0.2, 0.25) is 0 Å². The fraction of sp³-hybridized carbons (Fsp3) is 0.250. The molecule has 5 nitrogen and oxygen atoms in total. The summed E-state index contributed by atoms with van der Waals surface area (Å²) in [5.41, 5.74) is 1.33. The van der Waals surface area contributed by atoms with Gasteiger partial charge in [0.2, 0.25) is 0 Å². The molecule has 0 aliphatic carbocycles. The molecular weight excluding hydrogens is 383 g/mol. The van der Waals surface area contributed by atoms with Gasteiger partial charge in [0.15, 0.2) is 0 Å². The number of benzene rings is 2. The lowest BCUT2D eigenvalue weighted by Gasteiger charge is -2.23. The largest absolute Gasteiger partial charge is 0.489 e. The van der Waals surface area contributed by atoms with Crippen LogP contribution in [-0.4, -0.2) is 29.6 Å². The van der Waals surface area contributed by atoms with Crippen LogP contribution in [-0.2, 0) is 11.4 Å². The summed E-state index contributed by atoms with van der Waals surface area (Å²) < 4.78 is 19.4. The predicted molar refractivity (Wildman–Crippen MR) is 114 cm³/mol. The summed E-state index contributed by atoms with van der Waals surface area (Å²) in [4.78, 5) is 13.6. The molecule has 0 radical (unpaired) electrons. The van der Waals surface area contributed by atoms with Crippen molar-refractivity contribution in [3.8, 4) is 11.8 Å². The monoisotopic (exact) mass is 408 g/mol. The van der Waals surface area contributed by atoms with E-state index in [1.165, 1.54) is 6.07 Å². The lowest BCUT2D eigenvalue weighted by atomic mass is 9.96. The van der Waals surface area contributed by atoms with Crippen LogP contribution in [0.15, 0.2) is 66.4 Å². The average Bonchev–Trinajstić information content (AvgIpc) is 2.75. The van der Waals surface area contributed by atoms with Crippen molar-refractivity contribution in [3.05, 3.63) is 83.3 Å². The quantitative estimate of drug-likeness (QED) is 0.340. The van der Waals surface area contributed by atoms with Gasteiger partial charge in [0.1, 0.15) is 23.9 Å². The Kier molecular flexibility index (Phi) is 8.18. The molecular formula is C24H25FN2O3. The summed E-state index contributed by atoms with van der Waals surface area (Å²) in [6, 6.07) is 15.0. The SMILES string of the molecule is C=C(C#N)/C(=C(/C(=O)O)N(C)CCCC)c1ccc(OCc2ccccc2F)cc1. The molecule has 0 saturated carbocycles. The third-order valence-electron chi connectivity index (χ3n) is 4.60. The van der Waals surface area contributed by atoms with Crippen LogP contribution >= 0.6 is 0 Å². The molecule has 6 heteroatoms. The van der Waals surface area contributed by atoms with Gasteiger partial charge in [0, 0.05) is 24.7 Å². The van der Waals surface area contributed by atoms with E-state index in [-0.39, 0.29) is 29.3 Å². The number of halogens is 1. The van der Waals surface area contributed by atoms with E-state index in [1.807, 2.05) is 13.0 Å². The van der Waals surface area contributed by atoms with E-state index in [1.54, 1.807) is 54.4 Å². The Bertz CT molecular complexity index is 975. The first-order chi connectivity index (χ1) is 14.4. The minimum absolute atomic E-state index is 0.0232. The molecule has 0 spiro atoms. The van der Waals surface area contributed by atoms with Crippen molar-refractivity contribution in [2.24, 2.45) is 0 Å². The van der Waals surface area contributed by atoms with E-state index < -0.39 is 5.97 Å². The number of nitriles is 1. The zero-order valence-corrected chi connectivity index (χ0v) is 17.2. The molecule has 0 atom stereocenters. The fourth-order valence-electron chi connectivity index (χ4n) is 2.97. The lowest BCUT2D eigenvalue weighted by Crippen LogP contribution is -2.26. The maximum atomic E-state index is 13.7. The highest BCUT2D eigenvalue weighted by molar-refractivity contribution is 6.01. The highest BCUT2D eigenvalue weighted by Crippen LogP contribution is 2.29. The van der Waals surface area contributed by atoms with Crippen molar-refractivity contribution in [1.82, 2.24) is 4.90 Å². The number of hydrogen-bond acceptors (Lipinski definition) is 4. The Morgan fingerprint density at radius 2 is 1.90 bits per heavy atom. The molecule has 0 unspecified atom stereocenters. The second-order valence-electron chi connectivity index (χ2n) is 6.80. The van der Waals surface area contributed by atoms with Crippen molar-refractivity contribution in [2.45, 2.75) is 26.4 Å². The van der Waals surface area contributed by atoms with Crippen molar-refractivity contribution in [2.75, 3.05) is 13.6 Å². The third kappa shape index (κ3) is 5.71. The number of rotatable bonds is 10. The number of unbranched alkanes of at least 4 members (excludes halogenated alkanes) is 1. The number of ether oxygens (including phenoxy) is 1. The Morgan fingerprint density at radius 1 is 1.23 bits per heavy atom. The molecule has 2 rings (SSSR count). The van der Waals surface area contributed by atoms with E-state index in [2.05, 4.69) is 6.58 Å². The Labute approximate surface area is 176 Å². The number of carboxylic acids is 1. The second kappa shape index (κ2) is 10.8. The Hall–Kier alpha value is -3.59. The summed E-state index contributed by atoms with van der Waals surface area (Å²) in [6.07, 6.45) is 1.74. The van der Waals surface area contributed by atoms with Gasteiger partial charge in [-0.15, -0.1) is 0 Å². The smallest absolute Gasteiger partial charge is 0.352 e. The fourth-order valence-corrected chi connectivity index (χ4v) is 2.97. The summed E-state index contributed by atoms with van der Waals surface area (Å²) in [5, 5.41) is 19.2. The molecule has 0 aliphatic rings. The first-order valence-corrected chi connectivity index (χ1v) is 9.63. The number of likely N-dealkylation sites (N-methyl/N-ethyl adjacent to an activating group) is 1. The van der Waals surface area contributed by atoms with E-state index in [9.17, 15) is 19.6 Å². The lowest BCUT2D eigenvalue weighted by molar-refractivity contribution is -0.134. The van der Waals surface area contributed by atoms with Crippen LogP contribution in [0.1, 0.15) is 30.9 Å². The molecule has 30 heavy (non-hydrogen) atoms. The van der Waals surface area contributed by atoms with E-state index in [4.69, 9.17) is 4.74 Å². The minimum atomic E-state index is -1.13. The van der Waals surface area contributed by atoms with Gasteiger partial charge in [-0.1, -0.05) is 50.3 Å².